The van der Waals surface area contributed by atoms with E-state index in [4.69, 9.17) is 20.2 Å². The van der Waals surface area contributed by atoms with Gasteiger partial charge in [-0.2, -0.15) is 0 Å². The van der Waals surface area contributed by atoms with E-state index in [0.29, 0.717) is 63.6 Å². The highest BCUT2D eigenvalue weighted by Crippen LogP contribution is 2.86. The first-order valence-corrected chi connectivity index (χ1v) is 27.9. The van der Waals surface area contributed by atoms with Crippen molar-refractivity contribution in [2.24, 2.45) is 85.1 Å². The van der Waals surface area contributed by atoms with E-state index in [1.165, 1.54) is 5.57 Å². The van der Waals surface area contributed by atoms with Crippen molar-refractivity contribution in [1.29, 1.82) is 0 Å². The molecule has 20 nitrogen and oxygen atoms in total. The quantitative estimate of drug-likeness (QED) is 0.0774. The lowest BCUT2D eigenvalue weighted by molar-refractivity contribution is -0.362. The number of carboxylic acid groups (broad SMARTS) is 1. The summed E-state index contributed by atoms with van der Waals surface area (Å²) in [5.41, 5.74) is 3.33. The van der Waals surface area contributed by atoms with Crippen LogP contribution in [0.1, 0.15) is 122 Å². The van der Waals surface area contributed by atoms with Gasteiger partial charge in [0, 0.05) is 47.8 Å². The van der Waals surface area contributed by atoms with Crippen LogP contribution in [0.25, 0.3) is 0 Å². The van der Waals surface area contributed by atoms with E-state index in [1.54, 1.807) is 18.9 Å². The van der Waals surface area contributed by atoms with E-state index in [9.17, 15) is 55.5 Å². The fourth-order valence-electron chi connectivity index (χ4n) is 20.1. The number of ether oxygens (including phenoxy) is 2. The molecule has 20 heteroatoms. The van der Waals surface area contributed by atoms with Crippen LogP contribution in [-0.4, -0.2) is 160 Å². The van der Waals surface area contributed by atoms with Gasteiger partial charge in [-0.15, -0.1) is 0 Å². The molecule has 5 heterocycles. The molecule has 2 saturated heterocycles. The predicted molar refractivity (Wildman–Crippen MR) is 269 cm³/mol. The molecule has 3 aliphatic heterocycles. The molecule has 2 aromatic heterocycles. The van der Waals surface area contributed by atoms with Crippen LogP contribution in [0.15, 0.2) is 30.5 Å². The molecule has 0 radical (unpaired) electrons. The Labute approximate surface area is 438 Å². The summed E-state index contributed by atoms with van der Waals surface area (Å²) in [4.78, 5) is 44.5. The van der Waals surface area contributed by atoms with E-state index >= 15 is 0 Å². The minimum atomic E-state index is -1.69. The van der Waals surface area contributed by atoms with Gasteiger partial charge in [-0.25, -0.2) is 9.97 Å². The van der Waals surface area contributed by atoms with Crippen molar-refractivity contribution in [2.75, 3.05) is 38.3 Å². The number of imidazole rings is 2. The number of nitrogens with one attached hydrogen (secondary N) is 4. The van der Waals surface area contributed by atoms with Crippen LogP contribution in [0.2, 0.25) is 0 Å². The molecule has 5 saturated carbocycles. The second-order valence-corrected chi connectivity index (χ2v) is 26.1. The highest BCUT2D eigenvalue weighted by molar-refractivity contribution is 5.82. The third-order valence-corrected chi connectivity index (χ3v) is 23.6. The summed E-state index contributed by atoms with van der Waals surface area (Å²) in [5.74, 6) is -4.32. The molecule has 9 aliphatic rings. The van der Waals surface area contributed by atoms with Crippen LogP contribution in [0.4, 0.5) is 5.82 Å². The van der Waals surface area contributed by atoms with Gasteiger partial charge in [0.15, 0.2) is 6.29 Å². The Hall–Kier alpha value is -3.54. The number of hydrogen-bond donors (Lipinski definition) is 14. The SMILES string of the molecule is C[C@]1(CO)CC[C@@]2(C(=O)O)[C@@H](C1)C1=CC[C@@]34CCC[C@]1([C@H]1Cc5[nH]cnc5NC[C@@H]12)[C@]3(C)CC[C@@H]1[C@](C)(CO)[C@H](O[C@@H]2OC[C@@H](O)[C@H](O)[C@H]2O)[C@H](O)[C@@H](C[C@@H]2[C@@H]([C@H](CC[C@@H](N)O)c3cnc[nH]3)NC(=O)[C@H]2CO)[C@@]14C. The van der Waals surface area contributed by atoms with E-state index in [2.05, 4.69) is 52.4 Å². The molecule has 1 spiro atoms. The molecule has 416 valence electrons. The Kier molecular flexibility index (Phi) is 13.4. The number of carbonyl (C=O) groups is 2. The smallest absolute Gasteiger partial charge is 0.310 e. The van der Waals surface area contributed by atoms with E-state index in [-0.39, 0.29) is 55.6 Å². The van der Waals surface area contributed by atoms with Crippen LogP contribution in [-0.2, 0) is 25.5 Å². The number of nitrogens with zero attached hydrogens (tertiary/aromatic N) is 2. The number of nitrogens with two attached hydrogens (primary N) is 1. The number of anilines is 1. The molecular formula is C55H83N7O13. The fraction of sp³-hybridized carbons (Fsp3) is 0.818. The fourth-order valence-corrected chi connectivity index (χ4v) is 20.1. The monoisotopic (exact) mass is 1050 g/mol. The van der Waals surface area contributed by atoms with E-state index < -0.39 is 130 Å². The zero-order valence-electron chi connectivity index (χ0n) is 43.9. The number of aliphatic carboxylic acids is 1. The Bertz CT molecular complexity index is 2500. The Balaban J connectivity index is 1.12. The van der Waals surface area contributed by atoms with Crippen molar-refractivity contribution in [3.63, 3.8) is 0 Å². The number of carbonyl (C=O) groups excluding carboxylic acids is 1. The number of aliphatic hydroxyl groups excluding tert-OH is 8. The number of aromatic nitrogens is 4. The van der Waals surface area contributed by atoms with Gasteiger partial charge in [0.1, 0.15) is 30.4 Å². The molecular weight excluding hydrogens is 967 g/mol. The van der Waals surface area contributed by atoms with Crippen molar-refractivity contribution in [3.8, 4) is 0 Å². The first-order chi connectivity index (χ1) is 35.7. The second-order valence-electron chi connectivity index (χ2n) is 26.1. The van der Waals surface area contributed by atoms with Gasteiger partial charge in [0.05, 0.1) is 61.7 Å². The zero-order valence-corrected chi connectivity index (χ0v) is 43.9. The number of fused-ring (bicyclic) bond motifs is 6. The summed E-state index contributed by atoms with van der Waals surface area (Å²) >= 11 is 0. The molecule has 7 fully saturated rings. The van der Waals surface area contributed by atoms with Crippen molar-refractivity contribution in [2.45, 2.75) is 166 Å². The Morgan fingerprint density at radius 1 is 0.960 bits per heavy atom. The maximum Gasteiger partial charge on any atom is 0.310 e. The van der Waals surface area contributed by atoms with Crippen molar-refractivity contribution < 1.29 is 65.0 Å². The minimum Gasteiger partial charge on any atom is -0.481 e. The minimum absolute atomic E-state index is 0.0608. The zero-order chi connectivity index (χ0) is 53.4. The number of carboxylic acids is 1. The van der Waals surface area contributed by atoms with Crippen LogP contribution in [0.3, 0.4) is 0 Å². The number of hydrogen-bond acceptors (Lipinski definition) is 16. The first-order valence-electron chi connectivity index (χ1n) is 27.9. The van der Waals surface area contributed by atoms with Gasteiger partial charge in [-0.05, 0) is 134 Å². The predicted octanol–water partition coefficient (Wildman–Crippen LogP) is 1.89. The summed E-state index contributed by atoms with van der Waals surface area (Å²) in [6.07, 6.45) is 4.45. The highest BCUT2D eigenvalue weighted by Gasteiger charge is 2.82. The van der Waals surface area contributed by atoms with Crippen molar-refractivity contribution in [1.82, 2.24) is 25.3 Å². The van der Waals surface area contributed by atoms with Gasteiger partial charge in [-0.3, -0.25) is 9.59 Å². The molecule has 2 aromatic rings. The maximum atomic E-state index is 14.5. The maximum absolute atomic E-state index is 14.5. The standard InChI is InChI=1S/C55H83N7O13/c1-49(23-64)14-15-54(48(72)73)33(18-49)30-8-13-53-10-5-11-55(30,31-17-35-45(61-26-60-35)58-19-34(31)54)51(53,3)12-9-38-50(2,24-65)44(75-47-43(70)42(69)37(66)22-74-47)41(68)32(52(38,53)4)16-28-29(21-63)46(71)62-40(28)27(6-7-39(56)67)36-20-57-25-59-36/h8,20,25-29,31-34,37-44,47,58,63-70H,5-7,9-19,21-24,56H2,1-4H3,(H,57,59)(H,60,61)(H,62,71)(H,72,73)/t27-,28+,29+,31+,32-,33+,34+,37-,38-,39+,40-,41-,42+,43-,44-,47+,49+,50+,51-,52+,53+,54-,55+/m1/s1. The molecule has 11 rings (SSSR count). The van der Waals surface area contributed by atoms with Crippen LogP contribution < -0.4 is 16.4 Å². The molecule has 15 N–H and O–H groups in total. The topological polar surface area (TPSA) is 342 Å². The number of H-pyrrole nitrogens is 2. The van der Waals surface area contributed by atoms with Gasteiger partial charge in [-0.1, -0.05) is 45.8 Å². The summed E-state index contributed by atoms with van der Waals surface area (Å²) in [6.45, 7) is 7.86. The van der Waals surface area contributed by atoms with Gasteiger partial charge >= 0.3 is 5.97 Å². The normalized spacial score (nSPS) is 48.7. The molecule has 0 unspecified atom stereocenters. The first kappa shape index (κ1) is 53.5. The number of aliphatic hydroxyl groups is 8. The van der Waals surface area contributed by atoms with Gasteiger partial charge in [0.25, 0.3) is 0 Å². The van der Waals surface area contributed by atoms with E-state index in [0.717, 1.165) is 30.8 Å². The van der Waals surface area contributed by atoms with Crippen molar-refractivity contribution >= 4 is 17.7 Å². The molecule has 0 aromatic carbocycles. The largest absolute Gasteiger partial charge is 0.481 e. The van der Waals surface area contributed by atoms with Crippen LogP contribution in [0, 0.1) is 79.3 Å². The second kappa shape index (κ2) is 18.8. The summed E-state index contributed by atoms with van der Waals surface area (Å²) in [6, 6.07) is -0.616. The third kappa shape index (κ3) is 7.25. The lowest BCUT2D eigenvalue weighted by atomic mass is 9.22. The van der Waals surface area contributed by atoms with Crippen LogP contribution in [0.5, 0.6) is 0 Å². The van der Waals surface area contributed by atoms with Gasteiger partial charge < -0.3 is 81.8 Å². The molecule has 1 amide bonds. The highest BCUT2D eigenvalue weighted by atomic mass is 16.7. The molecule has 23 atom stereocenters. The molecule has 75 heavy (non-hydrogen) atoms. The van der Waals surface area contributed by atoms with E-state index in [1.807, 2.05) is 6.92 Å². The summed E-state index contributed by atoms with van der Waals surface area (Å²) in [5, 5.41) is 110. The summed E-state index contributed by atoms with van der Waals surface area (Å²) < 4.78 is 12.7. The lowest BCUT2D eigenvalue weighted by Crippen LogP contribution is -2.79. The average molecular weight is 1050 g/mol. The average Bonchev–Trinajstić information content (AvgIpc) is 4.13. The Morgan fingerprint density at radius 2 is 1.75 bits per heavy atom. The molecule has 2 bridgehead atoms. The number of amides is 1. The molecule has 6 aliphatic carbocycles. The number of aromatic amines is 2. The van der Waals surface area contributed by atoms with Crippen molar-refractivity contribution in [3.05, 3.63) is 41.9 Å². The Morgan fingerprint density at radius 3 is 2.44 bits per heavy atom. The lowest BCUT2D eigenvalue weighted by Gasteiger charge is -2.82. The third-order valence-electron chi connectivity index (χ3n) is 23.6. The summed E-state index contributed by atoms with van der Waals surface area (Å²) in [7, 11) is 0. The van der Waals surface area contributed by atoms with Gasteiger partial charge in [0.2, 0.25) is 5.91 Å². The van der Waals surface area contributed by atoms with Crippen LogP contribution >= 0.6 is 0 Å². The number of rotatable bonds is 13. The number of allylic oxidation sites excluding steroid dienone is 2.